The largest absolute Gasteiger partial charge is 0.514 e. The standard InChI is InChI=1S/C24H37BO8/c1-21(2,3)30-19(27)17-16(26)12-11-15(18(17)29-20(28)31-22(4,5)6)13-14-25-32-23(7,8)24(9,10)33-25/h11-12,26H,13-14H2,1-10H3. The summed E-state index contributed by atoms with van der Waals surface area (Å²) in [5.41, 5.74) is -2.31. The number of hydrogen-bond donors (Lipinski definition) is 1. The lowest BCUT2D eigenvalue weighted by Crippen LogP contribution is -2.41. The maximum Gasteiger partial charge on any atom is 0.514 e. The van der Waals surface area contributed by atoms with Crippen molar-refractivity contribution in [1.29, 1.82) is 0 Å². The van der Waals surface area contributed by atoms with Crippen molar-refractivity contribution >= 4 is 19.2 Å². The molecule has 1 aromatic rings. The molecule has 0 spiro atoms. The number of ether oxygens (including phenoxy) is 3. The number of aryl methyl sites for hydroxylation is 1. The van der Waals surface area contributed by atoms with E-state index in [1.165, 1.54) is 6.07 Å². The Kier molecular flexibility index (Phi) is 7.51. The van der Waals surface area contributed by atoms with Gasteiger partial charge in [-0.3, -0.25) is 0 Å². The van der Waals surface area contributed by atoms with E-state index in [0.29, 0.717) is 18.3 Å². The molecule has 0 amide bonds. The Morgan fingerprint density at radius 1 is 0.939 bits per heavy atom. The smallest absolute Gasteiger partial charge is 0.507 e. The van der Waals surface area contributed by atoms with Crippen molar-refractivity contribution in [2.45, 2.75) is 104 Å². The monoisotopic (exact) mass is 464 g/mol. The summed E-state index contributed by atoms with van der Waals surface area (Å²) < 4.78 is 28.2. The fraction of sp³-hybridized carbons (Fsp3) is 0.667. The molecule has 33 heavy (non-hydrogen) atoms. The molecule has 0 bridgehead atoms. The van der Waals surface area contributed by atoms with Gasteiger partial charge in [0, 0.05) is 0 Å². The first-order chi connectivity index (χ1) is 14.8. The van der Waals surface area contributed by atoms with Crippen LogP contribution in [0.15, 0.2) is 12.1 Å². The molecule has 1 aliphatic rings. The number of phenolic OH excluding ortho intramolecular Hbond substituents is 1. The molecule has 8 nitrogen and oxygen atoms in total. The summed E-state index contributed by atoms with van der Waals surface area (Å²) in [6.45, 7) is 18.1. The minimum atomic E-state index is -0.991. The van der Waals surface area contributed by atoms with Gasteiger partial charge in [0.1, 0.15) is 22.5 Å². The van der Waals surface area contributed by atoms with Gasteiger partial charge in [0.2, 0.25) is 0 Å². The third kappa shape index (κ3) is 7.11. The van der Waals surface area contributed by atoms with E-state index >= 15 is 0 Å². The number of rotatable bonds is 5. The van der Waals surface area contributed by atoms with Gasteiger partial charge in [0.05, 0.1) is 11.2 Å². The summed E-state index contributed by atoms with van der Waals surface area (Å²) in [5.74, 6) is -1.27. The zero-order valence-corrected chi connectivity index (χ0v) is 21.5. The Hall–Kier alpha value is -2.26. The summed E-state index contributed by atoms with van der Waals surface area (Å²) in [6.07, 6.45) is -0.198. The number of hydrogen-bond acceptors (Lipinski definition) is 8. The molecule has 0 radical (unpaired) electrons. The molecule has 9 heteroatoms. The minimum Gasteiger partial charge on any atom is -0.507 e. The fourth-order valence-corrected chi connectivity index (χ4v) is 3.17. The maximum atomic E-state index is 12.9. The molecule has 184 valence electrons. The molecule has 1 aliphatic heterocycles. The van der Waals surface area contributed by atoms with Crippen molar-refractivity contribution in [3.8, 4) is 11.5 Å². The zero-order valence-electron chi connectivity index (χ0n) is 21.5. The van der Waals surface area contributed by atoms with Gasteiger partial charge in [-0.1, -0.05) is 6.07 Å². The van der Waals surface area contributed by atoms with Crippen molar-refractivity contribution in [1.82, 2.24) is 0 Å². The van der Waals surface area contributed by atoms with Gasteiger partial charge in [-0.05, 0) is 93.6 Å². The van der Waals surface area contributed by atoms with Crippen LogP contribution in [0.1, 0.15) is 85.2 Å². The average Bonchev–Trinajstić information content (AvgIpc) is 2.77. The predicted molar refractivity (Wildman–Crippen MR) is 125 cm³/mol. The Labute approximate surface area is 197 Å². The highest BCUT2D eigenvalue weighted by Gasteiger charge is 2.50. The summed E-state index contributed by atoms with van der Waals surface area (Å²) in [5, 5.41) is 10.5. The van der Waals surface area contributed by atoms with Crippen molar-refractivity contribution < 1.29 is 38.2 Å². The molecule has 1 fully saturated rings. The van der Waals surface area contributed by atoms with Crippen LogP contribution < -0.4 is 4.74 Å². The summed E-state index contributed by atoms with van der Waals surface area (Å²) >= 11 is 0. The van der Waals surface area contributed by atoms with E-state index in [1.807, 2.05) is 27.7 Å². The van der Waals surface area contributed by atoms with E-state index in [4.69, 9.17) is 23.5 Å². The number of esters is 1. The van der Waals surface area contributed by atoms with Gasteiger partial charge in [-0.25, -0.2) is 9.59 Å². The first kappa shape index (κ1) is 27.0. The summed E-state index contributed by atoms with van der Waals surface area (Å²) in [6, 6.07) is 2.97. The van der Waals surface area contributed by atoms with Crippen LogP contribution in [0.3, 0.4) is 0 Å². The molecule has 1 saturated heterocycles. The van der Waals surface area contributed by atoms with E-state index < -0.39 is 41.6 Å². The van der Waals surface area contributed by atoms with Crippen LogP contribution in [0.4, 0.5) is 4.79 Å². The Balaban J connectivity index is 2.38. The first-order valence-corrected chi connectivity index (χ1v) is 11.2. The highest BCUT2D eigenvalue weighted by atomic mass is 16.7. The highest BCUT2D eigenvalue weighted by Crippen LogP contribution is 2.39. The summed E-state index contributed by atoms with van der Waals surface area (Å²) in [4.78, 5) is 25.3. The van der Waals surface area contributed by atoms with Crippen LogP contribution in [0, 0.1) is 0 Å². The van der Waals surface area contributed by atoms with Gasteiger partial charge >= 0.3 is 19.2 Å². The van der Waals surface area contributed by atoms with E-state index in [9.17, 15) is 14.7 Å². The molecule has 0 aromatic heterocycles. The molecule has 1 heterocycles. The molecular weight excluding hydrogens is 427 g/mol. The Morgan fingerprint density at radius 3 is 1.94 bits per heavy atom. The molecule has 0 aliphatic carbocycles. The average molecular weight is 464 g/mol. The predicted octanol–water partition coefficient (Wildman–Crippen LogP) is 5.30. The quantitative estimate of drug-likeness (QED) is 0.356. The highest BCUT2D eigenvalue weighted by molar-refractivity contribution is 6.45. The van der Waals surface area contributed by atoms with Crippen LogP contribution in [0.5, 0.6) is 11.5 Å². The SMILES string of the molecule is CC(C)(C)OC(=O)Oc1c(CCB2OC(C)(C)C(C)(C)O2)ccc(O)c1C(=O)OC(C)(C)C. The minimum absolute atomic E-state index is 0.102. The van der Waals surface area contributed by atoms with Gasteiger partial charge in [-0.2, -0.15) is 0 Å². The number of benzene rings is 1. The van der Waals surface area contributed by atoms with Gasteiger partial charge in [0.15, 0.2) is 5.75 Å². The van der Waals surface area contributed by atoms with E-state index in [2.05, 4.69) is 0 Å². The second kappa shape index (κ2) is 9.18. The van der Waals surface area contributed by atoms with Crippen molar-refractivity contribution in [2.24, 2.45) is 0 Å². The van der Waals surface area contributed by atoms with Crippen LogP contribution in [0.25, 0.3) is 0 Å². The Morgan fingerprint density at radius 2 is 1.45 bits per heavy atom. The molecule has 1 N–H and O–H groups in total. The first-order valence-electron chi connectivity index (χ1n) is 11.2. The maximum absolute atomic E-state index is 12.9. The lowest BCUT2D eigenvalue weighted by molar-refractivity contribution is 0.00576. The van der Waals surface area contributed by atoms with E-state index in [1.54, 1.807) is 47.6 Å². The molecule has 1 aromatic carbocycles. The van der Waals surface area contributed by atoms with Gasteiger partial charge in [-0.15, -0.1) is 0 Å². The molecule has 0 atom stereocenters. The third-order valence-electron chi connectivity index (χ3n) is 5.35. The zero-order chi connectivity index (χ0) is 25.4. The molecule has 2 rings (SSSR count). The lowest BCUT2D eigenvalue weighted by Gasteiger charge is -2.32. The molecule has 0 unspecified atom stereocenters. The lowest BCUT2D eigenvalue weighted by atomic mass is 9.81. The number of phenols is 1. The normalized spacial score (nSPS) is 17.6. The van der Waals surface area contributed by atoms with Crippen LogP contribution in [-0.2, 0) is 25.2 Å². The third-order valence-corrected chi connectivity index (χ3v) is 5.35. The number of aromatic hydroxyl groups is 1. The fourth-order valence-electron chi connectivity index (χ4n) is 3.17. The van der Waals surface area contributed by atoms with Gasteiger partial charge < -0.3 is 28.6 Å². The van der Waals surface area contributed by atoms with Crippen LogP contribution in [-0.4, -0.2) is 46.8 Å². The number of carbonyl (C=O) groups excluding carboxylic acids is 2. The van der Waals surface area contributed by atoms with E-state index in [0.717, 1.165) is 0 Å². The van der Waals surface area contributed by atoms with Crippen molar-refractivity contribution in [2.75, 3.05) is 0 Å². The molecule has 0 saturated carbocycles. The van der Waals surface area contributed by atoms with Crippen molar-refractivity contribution in [3.63, 3.8) is 0 Å². The van der Waals surface area contributed by atoms with Gasteiger partial charge in [0.25, 0.3) is 0 Å². The van der Waals surface area contributed by atoms with Crippen molar-refractivity contribution in [3.05, 3.63) is 23.3 Å². The topological polar surface area (TPSA) is 101 Å². The van der Waals surface area contributed by atoms with Crippen LogP contribution >= 0.6 is 0 Å². The van der Waals surface area contributed by atoms with E-state index in [-0.39, 0.29) is 17.1 Å². The Bertz CT molecular complexity index is 877. The second-order valence-corrected chi connectivity index (χ2v) is 11.2. The molecular formula is C24H37BO8. The van der Waals surface area contributed by atoms with Crippen LogP contribution in [0.2, 0.25) is 6.32 Å². The number of carbonyl (C=O) groups is 2. The second-order valence-electron chi connectivity index (χ2n) is 11.2. The summed E-state index contributed by atoms with van der Waals surface area (Å²) in [7, 11) is -0.483.